The third-order valence-electron chi connectivity index (χ3n) is 3.01. The van der Waals surface area contributed by atoms with Gasteiger partial charge in [0.15, 0.2) is 0 Å². The normalized spacial score (nSPS) is 25.8. The molecule has 17 heavy (non-hydrogen) atoms. The van der Waals surface area contributed by atoms with Crippen LogP contribution in [0.2, 0.25) is 0 Å². The maximum absolute atomic E-state index is 12.0. The fourth-order valence-electron chi connectivity index (χ4n) is 1.92. The van der Waals surface area contributed by atoms with Gasteiger partial charge in [0.05, 0.1) is 25.2 Å². The van der Waals surface area contributed by atoms with Crippen LogP contribution in [-0.4, -0.2) is 25.2 Å². The molecule has 5 heteroatoms. The first-order chi connectivity index (χ1) is 8.08. The van der Waals surface area contributed by atoms with Crippen molar-refractivity contribution in [1.82, 2.24) is 5.32 Å². The lowest BCUT2D eigenvalue weighted by Crippen LogP contribution is -2.41. The maximum atomic E-state index is 12.0. The number of thiophene rings is 1. The molecule has 1 aromatic rings. The molecule has 0 saturated carbocycles. The minimum atomic E-state index is -0.210. The minimum Gasteiger partial charge on any atom is -0.379 e. The van der Waals surface area contributed by atoms with E-state index in [9.17, 15) is 4.79 Å². The molecule has 1 amide bonds. The number of aryl methyl sites for hydroxylation is 1. The summed E-state index contributed by atoms with van der Waals surface area (Å²) in [6, 6.07) is 3.98. The van der Waals surface area contributed by atoms with Gasteiger partial charge in [0.2, 0.25) is 5.91 Å². The zero-order chi connectivity index (χ0) is 12.4. The summed E-state index contributed by atoms with van der Waals surface area (Å²) in [7, 11) is 0. The van der Waals surface area contributed by atoms with Crippen molar-refractivity contribution in [2.75, 3.05) is 13.2 Å². The second kappa shape index (κ2) is 5.16. The van der Waals surface area contributed by atoms with E-state index < -0.39 is 0 Å². The van der Waals surface area contributed by atoms with Gasteiger partial charge in [0, 0.05) is 15.8 Å². The van der Waals surface area contributed by atoms with E-state index in [0.717, 1.165) is 0 Å². The molecule has 0 aliphatic carbocycles. The number of hydrogen-bond acceptors (Lipinski definition) is 4. The Labute approximate surface area is 105 Å². The van der Waals surface area contributed by atoms with Crippen molar-refractivity contribution in [3.05, 3.63) is 21.9 Å². The minimum absolute atomic E-state index is 0.00597. The van der Waals surface area contributed by atoms with E-state index in [1.807, 2.05) is 6.92 Å². The molecule has 3 unspecified atom stereocenters. The van der Waals surface area contributed by atoms with Gasteiger partial charge in [-0.3, -0.25) is 4.79 Å². The molecule has 1 fully saturated rings. The van der Waals surface area contributed by atoms with Crippen molar-refractivity contribution >= 4 is 17.2 Å². The molecule has 2 rings (SSSR count). The van der Waals surface area contributed by atoms with Crippen molar-refractivity contribution in [1.29, 1.82) is 0 Å². The van der Waals surface area contributed by atoms with E-state index in [1.165, 1.54) is 9.75 Å². The Hall–Kier alpha value is -0.910. The highest BCUT2D eigenvalue weighted by Crippen LogP contribution is 2.23. The molecule has 1 aromatic heterocycles. The largest absolute Gasteiger partial charge is 0.379 e. The first-order valence-corrected chi connectivity index (χ1v) is 6.59. The van der Waals surface area contributed by atoms with Crippen molar-refractivity contribution in [2.45, 2.75) is 25.9 Å². The predicted octanol–water partition coefficient (Wildman–Crippen LogP) is 1.21. The molecule has 0 aromatic carbocycles. The van der Waals surface area contributed by atoms with Crippen LogP contribution in [-0.2, 0) is 9.53 Å². The Morgan fingerprint density at radius 1 is 1.59 bits per heavy atom. The summed E-state index contributed by atoms with van der Waals surface area (Å²) < 4.78 is 5.20. The van der Waals surface area contributed by atoms with Crippen LogP contribution >= 0.6 is 11.3 Å². The quantitative estimate of drug-likeness (QED) is 0.852. The van der Waals surface area contributed by atoms with E-state index in [2.05, 4.69) is 24.4 Å². The van der Waals surface area contributed by atoms with Crippen molar-refractivity contribution < 1.29 is 9.53 Å². The fraction of sp³-hybridized carbons (Fsp3) is 0.583. The van der Waals surface area contributed by atoms with Gasteiger partial charge in [-0.15, -0.1) is 11.3 Å². The number of amides is 1. The van der Waals surface area contributed by atoms with Gasteiger partial charge in [-0.25, -0.2) is 0 Å². The van der Waals surface area contributed by atoms with Crippen LogP contribution in [0.3, 0.4) is 0 Å². The van der Waals surface area contributed by atoms with Crippen LogP contribution in [0.25, 0.3) is 0 Å². The lowest BCUT2D eigenvalue weighted by Gasteiger charge is -2.17. The van der Waals surface area contributed by atoms with Gasteiger partial charge in [0.1, 0.15) is 0 Å². The number of nitrogens with one attached hydrogen (secondary N) is 1. The Kier molecular flexibility index (Phi) is 3.81. The Bertz CT molecular complexity index is 405. The van der Waals surface area contributed by atoms with Crippen molar-refractivity contribution in [3.8, 4) is 0 Å². The molecule has 3 N–H and O–H groups in total. The molecular formula is C12H18N2O2S. The summed E-state index contributed by atoms with van der Waals surface area (Å²) in [5.74, 6) is -0.216. The average molecular weight is 254 g/mol. The Morgan fingerprint density at radius 3 is 2.88 bits per heavy atom. The second-order valence-electron chi connectivity index (χ2n) is 4.49. The average Bonchev–Trinajstić information content (AvgIpc) is 2.86. The van der Waals surface area contributed by atoms with Gasteiger partial charge in [0.25, 0.3) is 0 Å². The van der Waals surface area contributed by atoms with Crippen LogP contribution in [0.15, 0.2) is 12.1 Å². The molecule has 4 nitrogen and oxygen atoms in total. The van der Waals surface area contributed by atoms with Crippen molar-refractivity contribution in [2.24, 2.45) is 11.7 Å². The second-order valence-corrected chi connectivity index (χ2v) is 5.81. The summed E-state index contributed by atoms with van der Waals surface area (Å²) in [6.45, 7) is 4.96. The zero-order valence-corrected chi connectivity index (χ0v) is 10.9. The number of hydrogen-bond donors (Lipinski definition) is 2. The number of carbonyl (C=O) groups excluding carboxylic acids is 1. The molecule has 0 radical (unpaired) electrons. The third kappa shape index (κ3) is 2.86. The molecule has 0 bridgehead atoms. The summed E-state index contributed by atoms with van der Waals surface area (Å²) in [6.07, 6.45) is 0. The van der Waals surface area contributed by atoms with Crippen LogP contribution in [0.1, 0.15) is 22.7 Å². The molecule has 1 saturated heterocycles. The summed E-state index contributed by atoms with van der Waals surface area (Å²) >= 11 is 1.70. The van der Waals surface area contributed by atoms with Gasteiger partial charge >= 0.3 is 0 Å². The fourth-order valence-corrected chi connectivity index (χ4v) is 2.80. The first kappa shape index (κ1) is 12.5. The van der Waals surface area contributed by atoms with Crippen LogP contribution in [0.4, 0.5) is 0 Å². The highest BCUT2D eigenvalue weighted by molar-refractivity contribution is 7.12. The van der Waals surface area contributed by atoms with E-state index in [1.54, 1.807) is 11.3 Å². The van der Waals surface area contributed by atoms with E-state index in [-0.39, 0.29) is 23.9 Å². The van der Waals surface area contributed by atoms with Crippen molar-refractivity contribution in [3.63, 3.8) is 0 Å². The SMILES string of the molecule is Cc1ccc(C(C)NC(=O)C2COCC2N)s1. The highest BCUT2D eigenvalue weighted by Gasteiger charge is 2.32. The molecule has 2 heterocycles. The lowest BCUT2D eigenvalue weighted by atomic mass is 10.0. The van der Waals surface area contributed by atoms with Crippen LogP contribution in [0, 0.1) is 12.8 Å². The summed E-state index contributed by atoms with van der Waals surface area (Å²) in [4.78, 5) is 14.4. The van der Waals surface area contributed by atoms with Gasteiger partial charge < -0.3 is 15.8 Å². The van der Waals surface area contributed by atoms with E-state index in [4.69, 9.17) is 10.5 Å². The van der Waals surface area contributed by atoms with E-state index in [0.29, 0.717) is 13.2 Å². The predicted molar refractivity (Wildman–Crippen MR) is 67.9 cm³/mol. The summed E-state index contributed by atoms with van der Waals surface area (Å²) in [5.41, 5.74) is 5.82. The van der Waals surface area contributed by atoms with Gasteiger partial charge in [-0.2, -0.15) is 0 Å². The standard InChI is InChI=1S/C12H18N2O2S/c1-7-3-4-11(17-7)8(2)14-12(15)9-5-16-6-10(9)13/h3-4,8-10H,5-6,13H2,1-2H3,(H,14,15). The molecule has 94 valence electrons. The van der Waals surface area contributed by atoms with Gasteiger partial charge in [-0.05, 0) is 26.0 Å². The number of ether oxygens (including phenoxy) is 1. The summed E-state index contributed by atoms with van der Waals surface area (Å²) in [5, 5.41) is 2.99. The molecule has 0 spiro atoms. The molecular weight excluding hydrogens is 236 g/mol. The third-order valence-corrected chi connectivity index (χ3v) is 4.19. The Balaban J connectivity index is 1.94. The first-order valence-electron chi connectivity index (χ1n) is 5.78. The monoisotopic (exact) mass is 254 g/mol. The van der Waals surface area contributed by atoms with Crippen LogP contribution in [0.5, 0.6) is 0 Å². The van der Waals surface area contributed by atoms with Gasteiger partial charge in [-0.1, -0.05) is 0 Å². The molecule has 3 atom stereocenters. The Morgan fingerprint density at radius 2 is 2.35 bits per heavy atom. The number of carbonyl (C=O) groups is 1. The lowest BCUT2D eigenvalue weighted by molar-refractivity contribution is -0.125. The highest BCUT2D eigenvalue weighted by atomic mass is 32.1. The maximum Gasteiger partial charge on any atom is 0.227 e. The molecule has 1 aliphatic rings. The topological polar surface area (TPSA) is 64.3 Å². The zero-order valence-electron chi connectivity index (χ0n) is 10.1. The number of rotatable bonds is 3. The smallest absolute Gasteiger partial charge is 0.227 e. The van der Waals surface area contributed by atoms with E-state index >= 15 is 0 Å². The van der Waals surface area contributed by atoms with Crippen LogP contribution < -0.4 is 11.1 Å². The molecule has 1 aliphatic heterocycles. The number of nitrogens with two attached hydrogens (primary N) is 1.